The molecule has 0 N–H and O–H groups in total. The average Bonchev–Trinajstić information content (AvgIpc) is 3.52. The van der Waals surface area contributed by atoms with Gasteiger partial charge in [0.25, 0.3) is 11.8 Å². The van der Waals surface area contributed by atoms with E-state index in [4.69, 9.17) is 0 Å². The zero-order chi connectivity index (χ0) is 20.9. The summed E-state index contributed by atoms with van der Waals surface area (Å²) in [5, 5.41) is 0. The number of nitrogens with zero attached hydrogens (tertiary/aromatic N) is 3. The first-order valence-corrected chi connectivity index (χ1v) is 11.3. The molecule has 5 nitrogen and oxygen atoms in total. The van der Waals surface area contributed by atoms with Crippen LogP contribution in [0, 0.1) is 5.92 Å². The van der Waals surface area contributed by atoms with Crippen molar-refractivity contribution < 1.29 is 13.6 Å². The Labute approximate surface area is 174 Å². The Morgan fingerprint density at radius 3 is 2.37 bits per heavy atom. The van der Waals surface area contributed by atoms with Crippen molar-refractivity contribution in [2.75, 3.05) is 13.1 Å². The first-order chi connectivity index (χ1) is 14.4. The number of aromatic nitrogens is 2. The van der Waals surface area contributed by atoms with Gasteiger partial charge in [0.15, 0.2) is 0 Å². The van der Waals surface area contributed by atoms with E-state index >= 15 is 0 Å². The third-order valence-corrected chi connectivity index (χ3v) is 7.07. The van der Waals surface area contributed by atoms with Crippen LogP contribution in [0.3, 0.4) is 0 Å². The van der Waals surface area contributed by atoms with E-state index in [0.29, 0.717) is 18.0 Å². The maximum atomic E-state index is 13.5. The molecule has 2 saturated carbocycles. The van der Waals surface area contributed by atoms with Gasteiger partial charge in [0, 0.05) is 44.1 Å². The molecule has 0 atom stereocenters. The third kappa shape index (κ3) is 3.67. The van der Waals surface area contributed by atoms with Crippen molar-refractivity contribution in [3.05, 3.63) is 34.2 Å². The number of hydrogen-bond acceptors (Lipinski definition) is 2. The van der Waals surface area contributed by atoms with Gasteiger partial charge in [-0.25, -0.2) is 13.6 Å². The quantitative estimate of drug-likeness (QED) is 0.731. The van der Waals surface area contributed by atoms with Gasteiger partial charge in [-0.3, -0.25) is 13.9 Å². The van der Waals surface area contributed by atoms with Gasteiger partial charge in [0.05, 0.1) is 11.0 Å². The lowest BCUT2D eigenvalue weighted by Gasteiger charge is -2.31. The van der Waals surface area contributed by atoms with Crippen molar-refractivity contribution >= 4 is 16.9 Å². The van der Waals surface area contributed by atoms with Gasteiger partial charge >= 0.3 is 5.69 Å². The second kappa shape index (κ2) is 7.50. The lowest BCUT2D eigenvalue weighted by atomic mass is 9.95. The minimum absolute atomic E-state index is 0.0333. The summed E-state index contributed by atoms with van der Waals surface area (Å²) in [7, 11) is 0. The molecule has 7 heteroatoms. The summed E-state index contributed by atoms with van der Waals surface area (Å²) in [6.07, 6.45) is 7.25. The highest BCUT2D eigenvalue weighted by molar-refractivity contribution is 5.97. The maximum Gasteiger partial charge on any atom is 0.329 e. The van der Waals surface area contributed by atoms with Crippen LogP contribution >= 0.6 is 0 Å². The summed E-state index contributed by atoms with van der Waals surface area (Å²) in [6, 6.07) is 5.69. The number of benzene rings is 1. The number of hydrogen-bond donors (Lipinski definition) is 0. The molecule has 162 valence electrons. The molecule has 0 spiro atoms. The standard InChI is InChI=1S/C23H29F2N3O2/c24-23(25)10-12-26(13-11-23)21(29)17-8-9-19-20(14-17)27(15-16-6-7-16)22(30)28(19)18-4-2-1-3-5-18/h8-9,14,16,18H,1-7,10-13,15H2. The maximum absolute atomic E-state index is 13.5. The summed E-state index contributed by atoms with van der Waals surface area (Å²) < 4.78 is 30.8. The zero-order valence-electron chi connectivity index (χ0n) is 17.3. The van der Waals surface area contributed by atoms with Crippen LogP contribution in [0.15, 0.2) is 23.0 Å². The predicted octanol–water partition coefficient (Wildman–Crippen LogP) is 4.59. The molecule has 0 unspecified atom stereocenters. The van der Waals surface area contributed by atoms with E-state index in [1.807, 2.05) is 21.3 Å². The van der Waals surface area contributed by atoms with Crippen LogP contribution in [0.1, 0.15) is 74.2 Å². The Kier molecular flexibility index (Phi) is 4.94. The van der Waals surface area contributed by atoms with Gasteiger partial charge in [-0.1, -0.05) is 19.3 Å². The Hall–Kier alpha value is -2.18. The molecule has 1 amide bonds. The summed E-state index contributed by atoms with van der Waals surface area (Å²) in [4.78, 5) is 27.8. The van der Waals surface area contributed by atoms with Crippen molar-refractivity contribution in [3.63, 3.8) is 0 Å². The number of likely N-dealkylation sites (tertiary alicyclic amines) is 1. The van der Waals surface area contributed by atoms with Crippen molar-refractivity contribution in [2.24, 2.45) is 5.92 Å². The molecule has 2 aliphatic carbocycles. The monoisotopic (exact) mass is 417 g/mol. The number of imidazole rings is 1. The van der Waals surface area contributed by atoms with Crippen LogP contribution in [0.25, 0.3) is 11.0 Å². The van der Waals surface area contributed by atoms with Crippen molar-refractivity contribution in [2.45, 2.75) is 76.3 Å². The number of alkyl halides is 2. The Balaban J connectivity index is 1.51. The van der Waals surface area contributed by atoms with Crippen LogP contribution in [0.5, 0.6) is 0 Å². The molecule has 0 radical (unpaired) electrons. The smallest absolute Gasteiger partial charge is 0.329 e. The van der Waals surface area contributed by atoms with Crippen molar-refractivity contribution in [1.82, 2.24) is 14.0 Å². The fourth-order valence-electron chi connectivity index (χ4n) is 5.06. The van der Waals surface area contributed by atoms with Crippen LogP contribution in [0.4, 0.5) is 8.78 Å². The number of carbonyl (C=O) groups is 1. The van der Waals surface area contributed by atoms with Crippen molar-refractivity contribution in [3.8, 4) is 0 Å². The van der Waals surface area contributed by atoms with E-state index in [2.05, 4.69) is 0 Å². The molecule has 1 aromatic carbocycles. The molecule has 1 aliphatic heterocycles. The number of rotatable bonds is 4. The number of fused-ring (bicyclic) bond motifs is 1. The van der Waals surface area contributed by atoms with E-state index in [9.17, 15) is 18.4 Å². The molecular formula is C23H29F2N3O2. The molecule has 5 rings (SSSR count). The van der Waals surface area contributed by atoms with E-state index in [1.165, 1.54) is 11.3 Å². The molecule has 3 aliphatic rings. The summed E-state index contributed by atoms with van der Waals surface area (Å²) in [5.41, 5.74) is 2.23. The average molecular weight is 418 g/mol. The SMILES string of the molecule is O=C(c1ccc2c(c1)n(CC1CC1)c(=O)n2C1CCCCC1)N1CCC(F)(F)CC1. The number of piperidine rings is 1. The molecule has 0 bridgehead atoms. The number of carbonyl (C=O) groups excluding carboxylic acids is 1. The fraction of sp³-hybridized carbons (Fsp3) is 0.652. The third-order valence-electron chi connectivity index (χ3n) is 7.07. The van der Waals surface area contributed by atoms with Gasteiger partial charge < -0.3 is 4.90 Å². The van der Waals surface area contributed by atoms with Gasteiger partial charge in [-0.15, -0.1) is 0 Å². The van der Waals surface area contributed by atoms with Crippen LogP contribution < -0.4 is 5.69 Å². The van der Waals surface area contributed by atoms with Crippen molar-refractivity contribution in [1.29, 1.82) is 0 Å². The van der Waals surface area contributed by atoms with Gasteiger partial charge in [-0.2, -0.15) is 0 Å². The van der Waals surface area contributed by atoms with Gasteiger partial charge in [0.2, 0.25) is 0 Å². The van der Waals surface area contributed by atoms with Gasteiger partial charge in [0.1, 0.15) is 0 Å². The van der Waals surface area contributed by atoms with Crippen LogP contribution in [0.2, 0.25) is 0 Å². The highest BCUT2D eigenvalue weighted by Gasteiger charge is 2.36. The number of amides is 1. The molecule has 1 saturated heterocycles. The normalized spacial score (nSPS) is 22.5. The molecule has 2 aromatic rings. The molecule has 2 heterocycles. The second-order valence-corrected chi connectivity index (χ2v) is 9.35. The molecule has 1 aromatic heterocycles. The Morgan fingerprint density at radius 1 is 1.00 bits per heavy atom. The summed E-state index contributed by atoms with van der Waals surface area (Å²) in [5.74, 6) is -2.36. The first-order valence-electron chi connectivity index (χ1n) is 11.3. The second-order valence-electron chi connectivity index (χ2n) is 9.35. The van der Waals surface area contributed by atoms with Crippen LogP contribution in [-0.4, -0.2) is 39.0 Å². The largest absolute Gasteiger partial charge is 0.338 e. The van der Waals surface area contributed by atoms with Crippen LogP contribution in [-0.2, 0) is 6.54 Å². The lowest BCUT2D eigenvalue weighted by molar-refractivity contribution is -0.0494. The van der Waals surface area contributed by atoms with E-state index in [1.54, 1.807) is 6.07 Å². The highest BCUT2D eigenvalue weighted by atomic mass is 19.3. The highest BCUT2D eigenvalue weighted by Crippen LogP contribution is 2.34. The predicted molar refractivity (Wildman–Crippen MR) is 111 cm³/mol. The topological polar surface area (TPSA) is 47.2 Å². The van der Waals surface area contributed by atoms with E-state index in [-0.39, 0.29) is 43.6 Å². The molecule has 3 fully saturated rings. The minimum atomic E-state index is -2.68. The number of halogens is 2. The van der Waals surface area contributed by atoms with E-state index in [0.717, 1.165) is 49.6 Å². The lowest BCUT2D eigenvalue weighted by Crippen LogP contribution is -2.42. The summed E-state index contributed by atoms with van der Waals surface area (Å²) in [6.45, 7) is 0.840. The molecule has 30 heavy (non-hydrogen) atoms. The van der Waals surface area contributed by atoms with Gasteiger partial charge in [-0.05, 0) is 49.8 Å². The Morgan fingerprint density at radius 2 is 1.70 bits per heavy atom. The van der Waals surface area contributed by atoms with E-state index < -0.39 is 5.92 Å². The Bertz CT molecular complexity index is 1010. The fourth-order valence-corrected chi connectivity index (χ4v) is 5.06. The summed E-state index contributed by atoms with van der Waals surface area (Å²) >= 11 is 0. The first kappa shape index (κ1) is 19.8. The zero-order valence-corrected chi connectivity index (χ0v) is 17.3. The molecular weight excluding hydrogens is 388 g/mol. The minimum Gasteiger partial charge on any atom is -0.338 e.